The second-order valence-corrected chi connectivity index (χ2v) is 6.93. The average molecular weight is 296 g/mol. The Kier molecular flexibility index (Phi) is 3.55. The number of hydrogen-bond acceptors (Lipinski definition) is 3. The summed E-state index contributed by atoms with van der Waals surface area (Å²) in [7, 11) is 0. The van der Waals surface area contributed by atoms with Crippen LogP contribution in [0.25, 0.3) is 10.8 Å². The topological polar surface area (TPSA) is 34.9 Å². The van der Waals surface area contributed by atoms with Crippen molar-refractivity contribution in [1.82, 2.24) is 9.19 Å². The van der Waals surface area contributed by atoms with E-state index in [1.165, 1.54) is 16.0 Å². The molecule has 4 heteroatoms. The molecule has 1 aromatic heterocycles. The van der Waals surface area contributed by atoms with E-state index in [-0.39, 0.29) is 10.3 Å². The van der Waals surface area contributed by atoms with Crippen molar-refractivity contribution in [1.29, 1.82) is 0 Å². The largest absolute Gasteiger partial charge is 0.285 e. The summed E-state index contributed by atoms with van der Waals surface area (Å²) in [6.45, 7) is 4.19. The van der Waals surface area contributed by atoms with E-state index in [9.17, 15) is 4.79 Å². The van der Waals surface area contributed by atoms with Crippen molar-refractivity contribution in [3.05, 3.63) is 76.7 Å². The van der Waals surface area contributed by atoms with Crippen LogP contribution >= 0.6 is 11.9 Å². The molecule has 0 bridgehead atoms. The van der Waals surface area contributed by atoms with Crippen LogP contribution in [0.4, 0.5) is 0 Å². The lowest BCUT2D eigenvalue weighted by atomic mass is 10.0. The molecule has 0 unspecified atom stereocenters. The third-order valence-electron chi connectivity index (χ3n) is 3.45. The minimum absolute atomic E-state index is 0.0675. The first-order valence-corrected chi connectivity index (χ1v) is 7.57. The molecule has 106 valence electrons. The lowest BCUT2D eigenvalue weighted by molar-refractivity contribution is 0.762. The summed E-state index contributed by atoms with van der Waals surface area (Å²) in [5.74, 6) is 0. The SMILES string of the molecule is CC(C)(Sn1ncc2ccccc2c1=O)c1ccccc1. The van der Waals surface area contributed by atoms with E-state index in [0.29, 0.717) is 5.39 Å². The second-order valence-electron chi connectivity index (χ2n) is 5.38. The Morgan fingerprint density at radius 3 is 2.43 bits per heavy atom. The van der Waals surface area contributed by atoms with Gasteiger partial charge in [-0.05, 0) is 37.4 Å². The molecule has 0 aliphatic carbocycles. The van der Waals surface area contributed by atoms with E-state index in [0.717, 1.165) is 10.9 Å². The molecular formula is C17H16N2OS. The van der Waals surface area contributed by atoms with Gasteiger partial charge in [-0.25, -0.2) is 0 Å². The summed E-state index contributed by atoms with van der Waals surface area (Å²) in [6, 6.07) is 17.7. The maximum Gasteiger partial charge on any atom is 0.285 e. The number of rotatable bonds is 3. The van der Waals surface area contributed by atoms with Crippen LogP contribution in [-0.2, 0) is 4.75 Å². The highest BCUT2D eigenvalue weighted by Crippen LogP contribution is 2.35. The van der Waals surface area contributed by atoms with Crippen LogP contribution in [0.2, 0.25) is 0 Å². The van der Waals surface area contributed by atoms with Crippen molar-refractivity contribution < 1.29 is 0 Å². The van der Waals surface area contributed by atoms with Crippen LogP contribution in [0.3, 0.4) is 0 Å². The molecule has 0 saturated carbocycles. The number of fused-ring (bicyclic) bond motifs is 1. The Labute approximate surface area is 127 Å². The second kappa shape index (κ2) is 5.37. The van der Waals surface area contributed by atoms with Crippen molar-refractivity contribution >= 4 is 22.7 Å². The van der Waals surface area contributed by atoms with E-state index in [1.807, 2.05) is 42.5 Å². The van der Waals surface area contributed by atoms with Crippen LogP contribution in [0, 0.1) is 0 Å². The standard InChI is InChI=1S/C17H16N2OS/c1-17(2,14-9-4-3-5-10-14)21-19-16(20)15-11-7-6-8-13(15)12-18-19/h3-12H,1-2H3. The Bertz CT molecular complexity index is 825. The highest BCUT2D eigenvalue weighted by atomic mass is 32.2. The van der Waals surface area contributed by atoms with Crippen molar-refractivity contribution in [2.45, 2.75) is 18.6 Å². The van der Waals surface area contributed by atoms with Gasteiger partial charge in [0.05, 0.1) is 16.3 Å². The Morgan fingerprint density at radius 2 is 1.67 bits per heavy atom. The van der Waals surface area contributed by atoms with E-state index in [1.54, 1.807) is 6.20 Å². The lowest BCUT2D eigenvalue weighted by Gasteiger charge is -2.24. The summed E-state index contributed by atoms with van der Waals surface area (Å²) in [6.07, 6.45) is 1.74. The van der Waals surface area contributed by atoms with Gasteiger partial charge in [-0.1, -0.05) is 48.5 Å². The summed E-state index contributed by atoms with van der Waals surface area (Å²) in [5.41, 5.74) is 1.10. The van der Waals surface area contributed by atoms with Gasteiger partial charge in [-0.3, -0.25) is 4.79 Å². The highest BCUT2D eigenvalue weighted by molar-refractivity contribution is 7.98. The van der Waals surface area contributed by atoms with Crippen molar-refractivity contribution in [2.24, 2.45) is 0 Å². The molecular weight excluding hydrogens is 280 g/mol. The monoisotopic (exact) mass is 296 g/mol. The Balaban J connectivity index is 2.02. The molecule has 0 aliphatic rings. The third kappa shape index (κ3) is 2.72. The van der Waals surface area contributed by atoms with Gasteiger partial charge in [0.1, 0.15) is 0 Å². The van der Waals surface area contributed by atoms with E-state index >= 15 is 0 Å². The first-order chi connectivity index (χ1) is 10.1. The molecule has 0 aliphatic heterocycles. The predicted octanol–water partition coefficient (Wildman–Crippen LogP) is 3.83. The molecule has 21 heavy (non-hydrogen) atoms. The van der Waals surface area contributed by atoms with Crippen LogP contribution in [0.5, 0.6) is 0 Å². The van der Waals surface area contributed by atoms with E-state index in [4.69, 9.17) is 0 Å². The van der Waals surface area contributed by atoms with Crippen molar-refractivity contribution in [3.8, 4) is 0 Å². The van der Waals surface area contributed by atoms with Gasteiger partial charge in [0, 0.05) is 5.39 Å². The molecule has 3 aromatic rings. The molecule has 0 amide bonds. The van der Waals surface area contributed by atoms with Crippen LogP contribution in [0.15, 0.2) is 65.6 Å². The Hall–Kier alpha value is -2.07. The van der Waals surface area contributed by atoms with Crippen molar-refractivity contribution in [3.63, 3.8) is 0 Å². The molecule has 0 spiro atoms. The van der Waals surface area contributed by atoms with Gasteiger partial charge in [-0.15, -0.1) is 0 Å². The van der Waals surface area contributed by atoms with Crippen molar-refractivity contribution in [2.75, 3.05) is 0 Å². The number of aromatic nitrogens is 2. The summed E-state index contributed by atoms with van der Waals surface area (Å²) in [4.78, 5) is 12.5. The first-order valence-electron chi connectivity index (χ1n) is 6.80. The van der Waals surface area contributed by atoms with Gasteiger partial charge in [0.2, 0.25) is 0 Å². The maximum atomic E-state index is 12.5. The zero-order valence-corrected chi connectivity index (χ0v) is 12.8. The van der Waals surface area contributed by atoms with Gasteiger partial charge in [-0.2, -0.15) is 9.19 Å². The fourth-order valence-electron chi connectivity index (χ4n) is 2.25. The fraction of sp³-hybridized carbons (Fsp3) is 0.176. The quantitative estimate of drug-likeness (QED) is 0.737. The van der Waals surface area contributed by atoms with Gasteiger partial charge >= 0.3 is 0 Å². The molecule has 2 aromatic carbocycles. The van der Waals surface area contributed by atoms with Gasteiger partial charge < -0.3 is 0 Å². The molecule has 0 radical (unpaired) electrons. The third-order valence-corrected chi connectivity index (χ3v) is 4.58. The molecule has 0 N–H and O–H groups in total. The van der Waals surface area contributed by atoms with Crippen LogP contribution in [-0.4, -0.2) is 9.19 Å². The molecule has 3 rings (SSSR count). The average Bonchev–Trinajstić information content (AvgIpc) is 2.51. The lowest BCUT2D eigenvalue weighted by Crippen LogP contribution is -2.24. The van der Waals surface area contributed by atoms with Gasteiger partial charge in [0.25, 0.3) is 5.56 Å². The number of benzene rings is 2. The first kappa shape index (κ1) is 13.9. The van der Waals surface area contributed by atoms with Gasteiger partial charge in [0.15, 0.2) is 0 Å². The summed E-state index contributed by atoms with van der Waals surface area (Å²) < 4.78 is 1.25. The van der Waals surface area contributed by atoms with E-state index < -0.39 is 0 Å². The minimum Gasteiger partial charge on any atom is -0.266 e. The molecule has 0 fully saturated rings. The summed E-state index contributed by atoms with van der Waals surface area (Å²) in [5, 5.41) is 5.85. The smallest absolute Gasteiger partial charge is 0.266 e. The predicted molar refractivity (Wildman–Crippen MR) is 88.5 cm³/mol. The molecule has 0 atom stereocenters. The Morgan fingerprint density at radius 1 is 1.00 bits per heavy atom. The normalized spacial score (nSPS) is 11.7. The van der Waals surface area contributed by atoms with E-state index in [2.05, 4.69) is 31.1 Å². The van der Waals surface area contributed by atoms with Crippen LogP contribution < -0.4 is 5.56 Å². The molecule has 3 nitrogen and oxygen atoms in total. The summed E-state index contributed by atoms with van der Waals surface area (Å²) >= 11 is 1.43. The zero-order chi connectivity index (χ0) is 14.9. The maximum absolute atomic E-state index is 12.5. The van der Waals surface area contributed by atoms with Crippen LogP contribution in [0.1, 0.15) is 19.4 Å². The molecule has 0 saturated heterocycles. The highest BCUT2D eigenvalue weighted by Gasteiger charge is 2.23. The fourth-order valence-corrected chi connectivity index (χ4v) is 3.20. The zero-order valence-electron chi connectivity index (χ0n) is 12.0. The number of hydrogen-bond donors (Lipinski definition) is 0. The molecule has 1 heterocycles. The minimum atomic E-state index is -0.236. The number of nitrogens with zero attached hydrogens (tertiary/aromatic N) is 2.